The third-order valence-corrected chi connectivity index (χ3v) is 13.5. The molecular weight excluding hydrogens is 1020 g/mol. The number of ether oxygens (including phenoxy) is 1. The van der Waals surface area contributed by atoms with Gasteiger partial charge in [-0.2, -0.15) is 6.07 Å². The minimum Gasteiger partial charge on any atom is -0.509 e. The van der Waals surface area contributed by atoms with Crippen LogP contribution in [0.3, 0.4) is 0 Å². The molecule has 0 aliphatic carbocycles. The number of hydrogen-bond donors (Lipinski definition) is 0. The molecule has 0 saturated heterocycles. The van der Waals surface area contributed by atoms with E-state index >= 15 is 0 Å². The third-order valence-electron chi connectivity index (χ3n) is 13.5. The normalized spacial score (nSPS) is 12.9. The summed E-state index contributed by atoms with van der Waals surface area (Å²) in [5.74, 6) is 2.36. The number of aromatic nitrogens is 2. The van der Waals surface area contributed by atoms with Gasteiger partial charge in [0.25, 0.3) is 0 Å². The first-order chi connectivity index (χ1) is 32.0. The molecule has 0 spiro atoms. The van der Waals surface area contributed by atoms with E-state index in [2.05, 4.69) is 254 Å². The smallest absolute Gasteiger partial charge is 0.509 e. The number of rotatable bonds is 9. The average Bonchev–Trinajstić information content (AvgIpc) is 3.87. The molecule has 9 aromatic rings. The SMILES string of the molecule is CC(C)c1ccccc1-c1cc(Oc2[c-]c3c(cc2)c2ccccc2n3-c2cc(C(C)(C)C)ccn2)[c-]c(N2[CH-]N(c3cccc(C(C)(C)c4ccccc4)c3)c3ccc(C(C)(C)C)cc32)c1.[CH3-].[Pt+4]. The predicted octanol–water partition coefficient (Wildman–Crippen LogP) is 17.1. The zero-order valence-electron chi connectivity index (χ0n) is 41.8. The molecule has 0 fully saturated rings. The van der Waals surface area contributed by atoms with Crippen molar-refractivity contribution in [1.82, 2.24) is 9.55 Å². The molecular formula is C63H62N4OPt. The van der Waals surface area contributed by atoms with Crippen LogP contribution in [0.2, 0.25) is 0 Å². The fourth-order valence-corrected chi connectivity index (χ4v) is 9.52. The quantitative estimate of drug-likeness (QED) is 0.135. The Morgan fingerprint density at radius 3 is 2.01 bits per heavy atom. The molecule has 0 saturated carbocycles. The molecule has 6 heteroatoms. The molecule has 0 bridgehead atoms. The van der Waals surface area contributed by atoms with Gasteiger partial charge in [-0.15, -0.1) is 53.6 Å². The Bertz CT molecular complexity index is 3300. The fourth-order valence-electron chi connectivity index (χ4n) is 9.52. The monoisotopic (exact) mass is 1090 g/mol. The van der Waals surface area contributed by atoms with Gasteiger partial charge in [-0.05, 0) is 98.0 Å². The summed E-state index contributed by atoms with van der Waals surface area (Å²) in [5.41, 5.74) is 14.3. The Morgan fingerprint density at radius 2 is 1.26 bits per heavy atom. The summed E-state index contributed by atoms with van der Waals surface area (Å²) in [5, 5.41) is 2.23. The number of para-hydroxylation sites is 1. The van der Waals surface area contributed by atoms with Gasteiger partial charge < -0.3 is 26.5 Å². The van der Waals surface area contributed by atoms with Gasteiger partial charge in [-0.1, -0.05) is 166 Å². The maximum Gasteiger partial charge on any atom is 4.00 e. The van der Waals surface area contributed by atoms with Gasteiger partial charge in [0.2, 0.25) is 0 Å². The first-order valence-corrected chi connectivity index (χ1v) is 23.6. The van der Waals surface area contributed by atoms with Crippen LogP contribution in [-0.2, 0) is 37.3 Å². The van der Waals surface area contributed by atoms with Gasteiger partial charge in [-0.3, -0.25) is 0 Å². The maximum atomic E-state index is 6.99. The first kappa shape index (κ1) is 49.0. The van der Waals surface area contributed by atoms with Crippen molar-refractivity contribution in [2.75, 3.05) is 9.80 Å². The molecule has 0 atom stereocenters. The van der Waals surface area contributed by atoms with Gasteiger partial charge >= 0.3 is 21.1 Å². The summed E-state index contributed by atoms with van der Waals surface area (Å²) in [6, 6.07) is 64.2. The Kier molecular flexibility index (Phi) is 13.4. The van der Waals surface area contributed by atoms with Crippen LogP contribution in [0, 0.1) is 26.2 Å². The van der Waals surface area contributed by atoms with Gasteiger partial charge in [0.05, 0.1) is 0 Å². The van der Waals surface area contributed by atoms with Crippen LogP contribution in [0.15, 0.2) is 164 Å². The number of anilines is 4. The van der Waals surface area contributed by atoms with Crippen molar-refractivity contribution >= 4 is 44.6 Å². The van der Waals surface area contributed by atoms with Crippen molar-refractivity contribution in [3.05, 3.63) is 218 Å². The number of fused-ring (bicyclic) bond motifs is 4. The van der Waals surface area contributed by atoms with Crippen LogP contribution in [0.4, 0.5) is 22.7 Å². The molecule has 0 N–H and O–H groups in total. The minimum absolute atomic E-state index is 0. The van der Waals surface area contributed by atoms with Crippen molar-refractivity contribution in [3.63, 3.8) is 0 Å². The standard InChI is InChI=1S/C62H59N4O.CH3.Pt/c1-41(2)51-23-14-15-24-52(51)42-33-48(38-50(34-42)67-49-28-29-54-53-25-16-17-26-55(53)66(57(54)39-49)59-37-45(31-32-63-59)61(6,7)8)65-40-64(56-30-27-44(36-58(56)65)60(3,4)5)47-22-18-21-46(35-47)62(9,10)43-19-12-11-13-20-43;;/h11-37,40-41H,1-10H3;1H3;/q-3;-1;+4. The Balaban J connectivity index is 0.00000321. The van der Waals surface area contributed by atoms with E-state index in [-0.39, 0.29) is 44.7 Å². The van der Waals surface area contributed by atoms with Gasteiger partial charge in [0.1, 0.15) is 5.82 Å². The maximum absolute atomic E-state index is 6.99. The topological polar surface area (TPSA) is 33.5 Å². The third kappa shape index (κ3) is 9.27. The van der Waals surface area contributed by atoms with Gasteiger partial charge in [0, 0.05) is 45.7 Å². The Labute approximate surface area is 425 Å². The second-order valence-electron chi connectivity index (χ2n) is 20.9. The van der Waals surface area contributed by atoms with Gasteiger partial charge in [-0.25, -0.2) is 4.98 Å². The fraction of sp³-hybridized carbons (Fsp3) is 0.222. The number of pyridine rings is 1. The molecule has 0 radical (unpaired) electrons. The molecule has 69 heavy (non-hydrogen) atoms. The van der Waals surface area contributed by atoms with Crippen LogP contribution in [0.5, 0.6) is 11.5 Å². The Hall–Kier alpha value is -6.42. The van der Waals surface area contributed by atoms with E-state index in [4.69, 9.17) is 9.72 Å². The molecule has 10 rings (SSSR count). The number of benzene rings is 7. The summed E-state index contributed by atoms with van der Waals surface area (Å²) in [7, 11) is 0. The van der Waals surface area contributed by atoms with Crippen LogP contribution < -0.4 is 14.5 Å². The van der Waals surface area contributed by atoms with Crippen molar-refractivity contribution in [3.8, 4) is 28.4 Å². The van der Waals surface area contributed by atoms with E-state index in [0.29, 0.717) is 17.4 Å². The molecule has 0 unspecified atom stereocenters. The summed E-state index contributed by atoms with van der Waals surface area (Å²) < 4.78 is 9.20. The average molecular weight is 1090 g/mol. The Morgan fingerprint density at radius 1 is 0.565 bits per heavy atom. The van der Waals surface area contributed by atoms with Crippen molar-refractivity contribution < 1.29 is 25.8 Å². The predicted molar refractivity (Wildman–Crippen MR) is 286 cm³/mol. The van der Waals surface area contributed by atoms with Crippen LogP contribution >= 0.6 is 0 Å². The van der Waals surface area contributed by atoms with Gasteiger partial charge in [0.15, 0.2) is 0 Å². The summed E-state index contributed by atoms with van der Waals surface area (Å²) in [6.45, 7) is 24.9. The molecule has 3 heterocycles. The number of hydrogen-bond acceptors (Lipinski definition) is 4. The van der Waals surface area contributed by atoms with Crippen molar-refractivity contribution in [2.24, 2.45) is 0 Å². The molecule has 1 aliphatic rings. The van der Waals surface area contributed by atoms with E-state index < -0.39 is 0 Å². The van der Waals surface area contributed by atoms with E-state index in [0.717, 1.165) is 61.5 Å². The summed E-state index contributed by atoms with van der Waals surface area (Å²) in [6.07, 6.45) is 1.91. The zero-order chi connectivity index (χ0) is 46.8. The van der Waals surface area contributed by atoms with E-state index in [9.17, 15) is 0 Å². The summed E-state index contributed by atoms with van der Waals surface area (Å²) >= 11 is 0. The molecule has 1 aliphatic heterocycles. The zero-order valence-corrected chi connectivity index (χ0v) is 44.0. The molecule has 350 valence electrons. The summed E-state index contributed by atoms with van der Waals surface area (Å²) in [4.78, 5) is 9.52. The molecule has 7 aromatic carbocycles. The first-order valence-electron chi connectivity index (χ1n) is 23.6. The minimum atomic E-state index is -0.199. The van der Waals surface area contributed by atoms with Crippen LogP contribution in [0.1, 0.15) is 103 Å². The van der Waals surface area contributed by atoms with E-state index in [1.54, 1.807) is 0 Å². The van der Waals surface area contributed by atoms with E-state index in [1.807, 2.05) is 12.3 Å². The van der Waals surface area contributed by atoms with E-state index in [1.165, 1.54) is 27.8 Å². The van der Waals surface area contributed by atoms with Crippen molar-refractivity contribution in [2.45, 2.75) is 91.4 Å². The second kappa shape index (κ2) is 18.8. The van der Waals surface area contributed by atoms with Crippen LogP contribution in [0.25, 0.3) is 38.8 Å². The van der Waals surface area contributed by atoms with Crippen molar-refractivity contribution in [1.29, 1.82) is 0 Å². The van der Waals surface area contributed by atoms with Crippen LogP contribution in [-0.4, -0.2) is 9.55 Å². The molecule has 2 aromatic heterocycles. The number of nitrogens with zero attached hydrogens (tertiary/aromatic N) is 4. The second-order valence-corrected chi connectivity index (χ2v) is 20.9. The molecule has 0 amide bonds. The largest absolute Gasteiger partial charge is 4.00 e. The molecule has 5 nitrogen and oxygen atoms in total.